The number of nitrogens with zero attached hydrogens (tertiary/aromatic N) is 1. The van der Waals surface area contributed by atoms with Crippen LogP contribution < -0.4 is 10.1 Å². The minimum atomic E-state index is -0.842. The van der Waals surface area contributed by atoms with E-state index in [1.54, 1.807) is 19.4 Å². The number of ether oxygens (including phenoxy) is 2. The normalized spacial score (nSPS) is 15.8. The highest BCUT2D eigenvalue weighted by molar-refractivity contribution is 7.13. The lowest BCUT2D eigenvalue weighted by Gasteiger charge is -2.24. The van der Waals surface area contributed by atoms with Crippen LogP contribution in [0.4, 0.5) is 0 Å². The third-order valence-electron chi connectivity index (χ3n) is 4.65. The summed E-state index contributed by atoms with van der Waals surface area (Å²) < 4.78 is 10.4. The molecule has 1 aliphatic carbocycles. The topological polar surface area (TPSA) is 77.5 Å². The molecule has 1 aromatic heterocycles. The molecule has 0 bridgehead atoms. The van der Waals surface area contributed by atoms with Crippen molar-refractivity contribution in [2.45, 2.75) is 51.2 Å². The lowest BCUT2D eigenvalue weighted by atomic mass is 9.95. The zero-order valence-electron chi connectivity index (χ0n) is 15.6. The number of hydrogen-bond acceptors (Lipinski definition) is 6. The van der Waals surface area contributed by atoms with Gasteiger partial charge in [-0.05, 0) is 44.0 Å². The van der Waals surface area contributed by atoms with Crippen LogP contribution in [-0.4, -0.2) is 36.1 Å². The summed E-state index contributed by atoms with van der Waals surface area (Å²) in [5.74, 6) is -0.0779. The van der Waals surface area contributed by atoms with Crippen LogP contribution in [0.15, 0.2) is 29.6 Å². The molecule has 2 aromatic rings. The standard InChI is InChI=1S/C20H24N2O4S/c1-13(18(23)21-15-6-4-3-5-7-15)26-20(24)17-12-27-19(22-17)14-8-10-16(25-2)11-9-14/h8-13,15H,3-7H2,1-2H3,(H,21,23)/t13-/m0/s1. The number of hydrogen-bond donors (Lipinski definition) is 1. The van der Waals surface area contributed by atoms with Gasteiger partial charge in [0.25, 0.3) is 5.91 Å². The van der Waals surface area contributed by atoms with Gasteiger partial charge in [0.15, 0.2) is 11.8 Å². The molecule has 6 nitrogen and oxygen atoms in total. The van der Waals surface area contributed by atoms with E-state index in [1.807, 2.05) is 24.3 Å². The maximum Gasteiger partial charge on any atom is 0.358 e. The quantitative estimate of drug-likeness (QED) is 0.762. The monoisotopic (exact) mass is 388 g/mol. The van der Waals surface area contributed by atoms with Gasteiger partial charge in [-0.1, -0.05) is 19.3 Å². The first-order valence-corrected chi connectivity index (χ1v) is 10.1. The first kappa shape index (κ1) is 19.4. The Kier molecular flexibility index (Phi) is 6.45. The van der Waals surface area contributed by atoms with E-state index >= 15 is 0 Å². The summed E-state index contributed by atoms with van der Waals surface area (Å²) in [4.78, 5) is 28.9. The average Bonchev–Trinajstić information content (AvgIpc) is 3.19. The Bertz CT molecular complexity index is 782. The van der Waals surface area contributed by atoms with Crippen LogP contribution in [0.1, 0.15) is 49.5 Å². The van der Waals surface area contributed by atoms with Gasteiger partial charge in [-0.2, -0.15) is 0 Å². The van der Waals surface area contributed by atoms with Gasteiger partial charge >= 0.3 is 5.97 Å². The Hall–Kier alpha value is -2.41. The van der Waals surface area contributed by atoms with Crippen molar-refractivity contribution < 1.29 is 19.1 Å². The predicted molar refractivity (Wildman–Crippen MR) is 104 cm³/mol. The number of benzene rings is 1. The molecule has 1 amide bonds. The van der Waals surface area contributed by atoms with Gasteiger partial charge in [-0.3, -0.25) is 4.79 Å². The number of nitrogens with one attached hydrogen (secondary N) is 1. The van der Waals surface area contributed by atoms with Gasteiger partial charge in [-0.25, -0.2) is 9.78 Å². The molecule has 1 fully saturated rings. The number of aromatic nitrogens is 1. The van der Waals surface area contributed by atoms with Gasteiger partial charge in [0, 0.05) is 17.0 Å². The lowest BCUT2D eigenvalue weighted by molar-refractivity contribution is -0.130. The van der Waals surface area contributed by atoms with E-state index < -0.39 is 12.1 Å². The minimum Gasteiger partial charge on any atom is -0.497 e. The van der Waals surface area contributed by atoms with Crippen molar-refractivity contribution in [1.82, 2.24) is 10.3 Å². The van der Waals surface area contributed by atoms with E-state index in [2.05, 4.69) is 10.3 Å². The van der Waals surface area contributed by atoms with E-state index in [9.17, 15) is 9.59 Å². The Morgan fingerprint density at radius 3 is 2.56 bits per heavy atom. The molecule has 144 valence electrons. The maximum absolute atomic E-state index is 12.3. The van der Waals surface area contributed by atoms with Gasteiger partial charge in [0.05, 0.1) is 7.11 Å². The summed E-state index contributed by atoms with van der Waals surface area (Å²) in [7, 11) is 1.61. The van der Waals surface area contributed by atoms with Crippen molar-refractivity contribution in [3.05, 3.63) is 35.3 Å². The predicted octanol–water partition coefficient (Wildman–Crippen LogP) is 3.81. The van der Waals surface area contributed by atoms with Crippen LogP contribution in [-0.2, 0) is 9.53 Å². The van der Waals surface area contributed by atoms with Crippen molar-refractivity contribution in [2.75, 3.05) is 7.11 Å². The Morgan fingerprint density at radius 1 is 1.19 bits per heavy atom. The molecular weight excluding hydrogens is 364 g/mol. The van der Waals surface area contributed by atoms with Gasteiger partial charge in [0.2, 0.25) is 0 Å². The fourth-order valence-corrected chi connectivity index (χ4v) is 3.87. The zero-order valence-corrected chi connectivity index (χ0v) is 16.4. The molecule has 7 heteroatoms. The molecule has 0 unspecified atom stereocenters. The summed E-state index contributed by atoms with van der Waals surface area (Å²) in [5, 5.41) is 5.33. The molecule has 1 aliphatic rings. The van der Waals surface area contributed by atoms with Gasteiger partial charge < -0.3 is 14.8 Å². The van der Waals surface area contributed by atoms with Crippen molar-refractivity contribution in [2.24, 2.45) is 0 Å². The molecule has 0 saturated heterocycles. The number of methoxy groups -OCH3 is 1. The van der Waals surface area contributed by atoms with Crippen LogP contribution in [0.3, 0.4) is 0 Å². The Morgan fingerprint density at radius 2 is 1.89 bits per heavy atom. The molecule has 0 radical (unpaired) electrons. The zero-order chi connectivity index (χ0) is 19.2. The number of carbonyl (C=O) groups is 2. The number of amides is 1. The van der Waals surface area contributed by atoms with Crippen molar-refractivity contribution in [1.29, 1.82) is 0 Å². The molecule has 1 heterocycles. The summed E-state index contributed by atoms with van der Waals surface area (Å²) in [6, 6.07) is 7.63. The van der Waals surface area contributed by atoms with E-state index in [0.717, 1.165) is 37.0 Å². The third kappa shape index (κ3) is 5.07. The summed E-state index contributed by atoms with van der Waals surface area (Å²) in [6.45, 7) is 1.59. The van der Waals surface area contributed by atoms with Crippen LogP contribution in [0, 0.1) is 0 Å². The van der Waals surface area contributed by atoms with Crippen molar-refractivity contribution in [3.63, 3.8) is 0 Å². The molecule has 1 atom stereocenters. The van der Waals surface area contributed by atoms with Crippen LogP contribution in [0.25, 0.3) is 10.6 Å². The fourth-order valence-electron chi connectivity index (χ4n) is 3.07. The minimum absolute atomic E-state index is 0.188. The number of carbonyl (C=O) groups excluding carboxylic acids is 2. The second kappa shape index (κ2) is 8.99. The summed E-state index contributed by atoms with van der Waals surface area (Å²) in [6.07, 6.45) is 4.62. The van der Waals surface area contributed by atoms with Crippen LogP contribution in [0.5, 0.6) is 5.75 Å². The highest BCUT2D eigenvalue weighted by atomic mass is 32.1. The number of esters is 1. The number of thiazole rings is 1. The summed E-state index contributed by atoms with van der Waals surface area (Å²) in [5.41, 5.74) is 1.10. The van der Waals surface area contributed by atoms with Crippen LogP contribution >= 0.6 is 11.3 Å². The average molecular weight is 388 g/mol. The Labute approximate surface area is 162 Å². The van der Waals surface area contributed by atoms with E-state index in [1.165, 1.54) is 17.8 Å². The first-order valence-electron chi connectivity index (χ1n) is 9.18. The Balaban J connectivity index is 1.57. The van der Waals surface area contributed by atoms with E-state index in [4.69, 9.17) is 9.47 Å². The van der Waals surface area contributed by atoms with Gasteiger partial charge in [0.1, 0.15) is 10.8 Å². The molecule has 0 spiro atoms. The molecule has 3 rings (SSSR count). The SMILES string of the molecule is COc1ccc(-c2nc(C(=O)O[C@@H](C)C(=O)NC3CCCCC3)cs2)cc1. The second-order valence-electron chi connectivity index (χ2n) is 6.66. The summed E-state index contributed by atoms with van der Waals surface area (Å²) >= 11 is 1.36. The first-order chi connectivity index (χ1) is 13.1. The van der Waals surface area contributed by atoms with Crippen molar-refractivity contribution in [3.8, 4) is 16.3 Å². The van der Waals surface area contributed by atoms with E-state index in [-0.39, 0.29) is 17.6 Å². The molecule has 1 saturated carbocycles. The third-order valence-corrected chi connectivity index (χ3v) is 5.55. The van der Waals surface area contributed by atoms with Crippen molar-refractivity contribution >= 4 is 23.2 Å². The largest absolute Gasteiger partial charge is 0.497 e. The highest BCUT2D eigenvalue weighted by Gasteiger charge is 2.24. The van der Waals surface area contributed by atoms with E-state index in [0.29, 0.717) is 5.01 Å². The molecule has 1 N–H and O–H groups in total. The highest BCUT2D eigenvalue weighted by Crippen LogP contribution is 2.26. The lowest BCUT2D eigenvalue weighted by Crippen LogP contribution is -2.42. The van der Waals surface area contributed by atoms with Gasteiger partial charge in [-0.15, -0.1) is 11.3 Å². The second-order valence-corrected chi connectivity index (χ2v) is 7.52. The molecular formula is C20H24N2O4S. The molecule has 1 aromatic carbocycles. The molecule has 27 heavy (non-hydrogen) atoms. The number of rotatable bonds is 6. The molecule has 0 aliphatic heterocycles. The van der Waals surface area contributed by atoms with Crippen LogP contribution in [0.2, 0.25) is 0 Å². The fraction of sp³-hybridized carbons (Fsp3) is 0.450. The maximum atomic E-state index is 12.3. The smallest absolute Gasteiger partial charge is 0.358 e.